The Labute approximate surface area is 179 Å². The molecule has 2 bridgehead atoms. The summed E-state index contributed by atoms with van der Waals surface area (Å²) in [5.41, 5.74) is 2.06. The van der Waals surface area contributed by atoms with Gasteiger partial charge in [-0.3, -0.25) is 5.10 Å². The molecule has 0 amide bonds. The van der Waals surface area contributed by atoms with Crippen LogP contribution in [0.15, 0.2) is 6.07 Å². The third-order valence-corrected chi connectivity index (χ3v) is 7.64. The number of aromatic nitrogens is 3. The van der Waals surface area contributed by atoms with Crippen LogP contribution in [0.2, 0.25) is 0 Å². The minimum absolute atomic E-state index is 0.413. The first kappa shape index (κ1) is 18.9. The van der Waals surface area contributed by atoms with Crippen LogP contribution in [0, 0.1) is 3.70 Å². The molecule has 5 rings (SSSR count). The summed E-state index contributed by atoms with van der Waals surface area (Å²) in [6, 6.07) is 3.70. The number of halogens is 1. The summed E-state index contributed by atoms with van der Waals surface area (Å²) in [5, 5.41) is 8.79. The van der Waals surface area contributed by atoms with E-state index in [0.29, 0.717) is 24.2 Å². The normalized spacial score (nSPS) is 30.2. The smallest absolute Gasteiger partial charge is 0.186 e. The molecular weight excluding hydrogens is 469 g/mol. The zero-order chi connectivity index (χ0) is 19.3. The standard InChI is InChI=1S/C20H28IN5O2/c1-25(12-5-7-15(27-2)8-6-12)16-9-17(22-20-18(16)19(21)23-24-20)26-13-3-4-14(26)11-28-10-13/h9,12-15H,3-8,10-11H2,1-2H3,(H,22,23,24). The molecule has 4 heterocycles. The second kappa shape index (κ2) is 7.60. The molecule has 1 saturated carbocycles. The average Bonchev–Trinajstić information content (AvgIpc) is 3.22. The first-order chi connectivity index (χ1) is 13.7. The summed E-state index contributed by atoms with van der Waals surface area (Å²) in [5.74, 6) is 1.05. The van der Waals surface area contributed by atoms with Gasteiger partial charge in [0.25, 0.3) is 0 Å². The number of morpholine rings is 1. The Hall–Kier alpha value is -1.13. The summed E-state index contributed by atoms with van der Waals surface area (Å²) >= 11 is 2.34. The Bertz CT molecular complexity index is 834. The molecule has 2 saturated heterocycles. The first-order valence-electron chi connectivity index (χ1n) is 10.3. The van der Waals surface area contributed by atoms with Crippen molar-refractivity contribution in [2.45, 2.75) is 62.8 Å². The summed E-state index contributed by atoms with van der Waals surface area (Å²) in [6.45, 7) is 1.61. The molecule has 0 spiro atoms. The third kappa shape index (κ3) is 3.17. The lowest BCUT2D eigenvalue weighted by Gasteiger charge is -2.38. The van der Waals surface area contributed by atoms with E-state index in [1.165, 1.54) is 18.5 Å². The van der Waals surface area contributed by atoms with Gasteiger partial charge in [-0.1, -0.05) is 0 Å². The second-order valence-corrected chi connectivity index (χ2v) is 9.42. The minimum atomic E-state index is 0.413. The Morgan fingerprint density at radius 2 is 1.89 bits per heavy atom. The SMILES string of the molecule is COC1CCC(N(C)c2cc(N3C4CCC3COC4)nc3n[nH]c(I)c23)CC1. The predicted molar refractivity (Wildman–Crippen MR) is 118 cm³/mol. The van der Waals surface area contributed by atoms with Crippen molar-refractivity contribution in [1.29, 1.82) is 0 Å². The molecule has 0 radical (unpaired) electrons. The monoisotopic (exact) mass is 497 g/mol. The van der Waals surface area contributed by atoms with E-state index in [2.05, 4.69) is 55.7 Å². The highest BCUT2D eigenvalue weighted by atomic mass is 127. The second-order valence-electron chi connectivity index (χ2n) is 8.34. The van der Waals surface area contributed by atoms with Crippen LogP contribution >= 0.6 is 22.6 Å². The molecule has 1 aliphatic carbocycles. The van der Waals surface area contributed by atoms with Gasteiger partial charge in [-0.25, -0.2) is 4.98 Å². The van der Waals surface area contributed by atoms with Gasteiger partial charge < -0.3 is 19.3 Å². The molecule has 8 heteroatoms. The number of nitrogens with zero attached hydrogens (tertiary/aromatic N) is 4. The van der Waals surface area contributed by atoms with Crippen LogP contribution in [0.5, 0.6) is 0 Å². The maximum atomic E-state index is 5.78. The molecule has 1 N–H and O–H groups in total. The Morgan fingerprint density at radius 1 is 1.18 bits per heavy atom. The van der Waals surface area contributed by atoms with Crippen LogP contribution in [0.4, 0.5) is 11.5 Å². The molecule has 3 aliphatic rings. The van der Waals surface area contributed by atoms with Gasteiger partial charge in [0.2, 0.25) is 0 Å². The van der Waals surface area contributed by atoms with Gasteiger partial charge in [0.05, 0.1) is 42.5 Å². The molecule has 2 atom stereocenters. The first-order valence-corrected chi connectivity index (χ1v) is 11.4. The molecule has 3 fully saturated rings. The van der Waals surface area contributed by atoms with Crippen LogP contribution in [-0.2, 0) is 9.47 Å². The van der Waals surface area contributed by atoms with Crippen LogP contribution in [0.1, 0.15) is 38.5 Å². The van der Waals surface area contributed by atoms with Gasteiger partial charge in [0.15, 0.2) is 5.65 Å². The van der Waals surface area contributed by atoms with Gasteiger partial charge >= 0.3 is 0 Å². The van der Waals surface area contributed by atoms with Gasteiger partial charge in [-0.05, 0) is 61.1 Å². The van der Waals surface area contributed by atoms with Crippen molar-refractivity contribution in [3.05, 3.63) is 9.77 Å². The fourth-order valence-electron chi connectivity index (χ4n) is 5.23. The number of ether oxygens (including phenoxy) is 2. The molecule has 152 valence electrons. The zero-order valence-electron chi connectivity index (χ0n) is 16.5. The number of fused-ring (bicyclic) bond motifs is 3. The molecular formula is C20H28IN5O2. The number of hydrogen-bond acceptors (Lipinski definition) is 6. The molecule has 2 unspecified atom stereocenters. The number of anilines is 2. The maximum absolute atomic E-state index is 5.78. The van der Waals surface area contributed by atoms with Crippen LogP contribution < -0.4 is 9.80 Å². The predicted octanol–water partition coefficient (Wildman–Crippen LogP) is 3.32. The highest BCUT2D eigenvalue weighted by Gasteiger charge is 2.39. The van der Waals surface area contributed by atoms with Gasteiger partial charge in [-0.2, -0.15) is 5.10 Å². The summed E-state index contributed by atoms with van der Waals surface area (Å²) < 4.78 is 12.4. The quantitative estimate of drug-likeness (QED) is 0.654. The van der Waals surface area contributed by atoms with Gasteiger partial charge in [0.1, 0.15) is 9.52 Å². The number of H-pyrrole nitrogens is 1. The summed E-state index contributed by atoms with van der Waals surface area (Å²) in [4.78, 5) is 9.90. The Morgan fingerprint density at radius 3 is 2.57 bits per heavy atom. The maximum Gasteiger partial charge on any atom is 0.186 e. The molecule has 2 aliphatic heterocycles. The van der Waals surface area contributed by atoms with Crippen molar-refractivity contribution in [2.24, 2.45) is 0 Å². The molecule has 28 heavy (non-hydrogen) atoms. The highest BCUT2D eigenvalue weighted by Crippen LogP contribution is 2.39. The van der Waals surface area contributed by atoms with E-state index in [0.717, 1.165) is 59.4 Å². The fraction of sp³-hybridized carbons (Fsp3) is 0.700. The van der Waals surface area contributed by atoms with Crippen LogP contribution in [0.25, 0.3) is 11.0 Å². The van der Waals surface area contributed by atoms with E-state index in [1.807, 2.05) is 7.11 Å². The molecule has 7 nitrogen and oxygen atoms in total. The summed E-state index contributed by atoms with van der Waals surface area (Å²) in [7, 11) is 4.06. The molecule has 2 aromatic rings. The Balaban J connectivity index is 1.51. The number of nitrogens with one attached hydrogen (secondary N) is 1. The van der Waals surface area contributed by atoms with E-state index < -0.39 is 0 Å². The van der Waals surface area contributed by atoms with E-state index in [1.54, 1.807) is 0 Å². The van der Waals surface area contributed by atoms with Crippen LogP contribution in [-0.4, -0.2) is 66.8 Å². The van der Waals surface area contributed by atoms with Crippen molar-refractivity contribution >= 4 is 45.1 Å². The van der Waals surface area contributed by atoms with E-state index >= 15 is 0 Å². The van der Waals surface area contributed by atoms with Crippen molar-refractivity contribution in [3.8, 4) is 0 Å². The lowest BCUT2D eigenvalue weighted by molar-refractivity contribution is 0.0660. The van der Waals surface area contributed by atoms with Crippen molar-refractivity contribution in [2.75, 3.05) is 37.2 Å². The van der Waals surface area contributed by atoms with Gasteiger partial charge in [0, 0.05) is 26.3 Å². The molecule has 0 aromatic carbocycles. The van der Waals surface area contributed by atoms with Crippen molar-refractivity contribution in [1.82, 2.24) is 15.2 Å². The average molecular weight is 497 g/mol. The largest absolute Gasteiger partial charge is 0.381 e. The third-order valence-electron chi connectivity index (χ3n) is 6.86. The fourth-order valence-corrected chi connectivity index (χ4v) is 5.87. The number of methoxy groups -OCH3 is 1. The highest BCUT2D eigenvalue weighted by molar-refractivity contribution is 14.1. The number of aromatic amines is 1. The number of rotatable bonds is 4. The number of hydrogen-bond donors (Lipinski definition) is 1. The van der Waals surface area contributed by atoms with Gasteiger partial charge in [-0.15, -0.1) is 0 Å². The summed E-state index contributed by atoms with van der Waals surface area (Å²) in [6.07, 6.45) is 7.36. The van der Waals surface area contributed by atoms with Crippen molar-refractivity contribution < 1.29 is 9.47 Å². The molecule has 2 aromatic heterocycles. The van der Waals surface area contributed by atoms with Crippen molar-refractivity contribution in [3.63, 3.8) is 0 Å². The van der Waals surface area contributed by atoms with E-state index in [9.17, 15) is 0 Å². The Kier molecular flexibility index (Phi) is 5.13. The number of pyridine rings is 1. The van der Waals surface area contributed by atoms with E-state index in [4.69, 9.17) is 14.5 Å². The lowest BCUT2D eigenvalue weighted by Crippen LogP contribution is -2.46. The lowest BCUT2D eigenvalue weighted by atomic mass is 9.91. The zero-order valence-corrected chi connectivity index (χ0v) is 18.7. The van der Waals surface area contributed by atoms with E-state index in [-0.39, 0.29) is 0 Å². The van der Waals surface area contributed by atoms with Crippen LogP contribution in [0.3, 0.4) is 0 Å². The minimum Gasteiger partial charge on any atom is -0.381 e. The topological polar surface area (TPSA) is 66.5 Å².